The molecule has 1 atom stereocenters. The van der Waals surface area contributed by atoms with Crippen molar-refractivity contribution in [1.82, 2.24) is 4.90 Å². The highest BCUT2D eigenvalue weighted by Crippen LogP contribution is 2.12. The lowest BCUT2D eigenvalue weighted by Crippen LogP contribution is -2.38. The summed E-state index contributed by atoms with van der Waals surface area (Å²) < 4.78 is 0.992. The predicted octanol–water partition coefficient (Wildman–Crippen LogP) is 1.25. The molecule has 0 heterocycles. The van der Waals surface area contributed by atoms with Crippen molar-refractivity contribution in [3.05, 3.63) is 34.3 Å². The molecule has 19 heavy (non-hydrogen) atoms. The molecule has 1 rings (SSSR count). The summed E-state index contributed by atoms with van der Waals surface area (Å²) >= 11 is 3.38. The number of aliphatic carboxylic acids is 1. The molecule has 0 bridgehead atoms. The van der Waals surface area contributed by atoms with E-state index in [2.05, 4.69) is 15.9 Å². The fourth-order valence-corrected chi connectivity index (χ4v) is 1.99. The highest BCUT2D eigenvalue weighted by atomic mass is 79.9. The Kier molecular flexibility index (Phi) is 5.98. The number of carboxylic acid groups (broad SMARTS) is 1. The molecule has 0 spiro atoms. The van der Waals surface area contributed by atoms with E-state index < -0.39 is 12.0 Å². The van der Waals surface area contributed by atoms with Gasteiger partial charge in [-0.1, -0.05) is 28.1 Å². The van der Waals surface area contributed by atoms with E-state index in [4.69, 9.17) is 10.8 Å². The van der Waals surface area contributed by atoms with Gasteiger partial charge in [0.15, 0.2) is 0 Å². The van der Waals surface area contributed by atoms with E-state index in [0.29, 0.717) is 13.0 Å². The van der Waals surface area contributed by atoms with Crippen LogP contribution in [0.5, 0.6) is 0 Å². The molecule has 0 fully saturated rings. The average Bonchev–Trinajstić information content (AvgIpc) is 2.35. The first-order chi connectivity index (χ1) is 8.90. The number of carbonyl (C=O) groups is 2. The summed E-state index contributed by atoms with van der Waals surface area (Å²) in [6.07, 6.45) is 0.536. The zero-order chi connectivity index (χ0) is 14.4. The van der Waals surface area contributed by atoms with Crippen LogP contribution in [-0.2, 0) is 16.0 Å². The van der Waals surface area contributed by atoms with Gasteiger partial charge in [-0.15, -0.1) is 0 Å². The summed E-state index contributed by atoms with van der Waals surface area (Å²) in [5.74, 6) is -1.42. The van der Waals surface area contributed by atoms with E-state index in [9.17, 15) is 9.59 Å². The third-order valence-corrected chi connectivity index (χ3v) is 3.26. The van der Waals surface area contributed by atoms with Crippen LogP contribution in [0.1, 0.15) is 12.0 Å². The standard InChI is InChI=1S/C13H17BrN2O3/c1-16(12(17)8-11(15)13(18)19)6-5-9-3-2-4-10(14)7-9/h2-4,7,11H,5-6,8,15H2,1H3,(H,18,19). The highest BCUT2D eigenvalue weighted by molar-refractivity contribution is 9.10. The molecule has 0 saturated heterocycles. The minimum absolute atomic E-state index is 0.176. The molecular weight excluding hydrogens is 312 g/mol. The van der Waals surface area contributed by atoms with Crippen molar-refractivity contribution in [1.29, 1.82) is 0 Å². The van der Waals surface area contributed by atoms with E-state index in [1.54, 1.807) is 7.05 Å². The number of halogens is 1. The number of carbonyl (C=O) groups excluding carboxylic acids is 1. The number of rotatable bonds is 6. The maximum Gasteiger partial charge on any atom is 0.321 e. The van der Waals surface area contributed by atoms with Crippen molar-refractivity contribution in [3.8, 4) is 0 Å². The van der Waals surface area contributed by atoms with Gasteiger partial charge in [0.05, 0.1) is 6.42 Å². The Labute approximate surface area is 120 Å². The number of hydrogen-bond donors (Lipinski definition) is 2. The van der Waals surface area contributed by atoms with E-state index in [-0.39, 0.29) is 12.3 Å². The van der Waals surface area contributed by atoms with Crippen LogP contribution in [0, 0.1) is 0 Å². The average molecular weight is 329 g/mol. The summed E-state index contributed by atoms with van der Waals surface area (Å²) in [4.78, 5) is 23.8. The molecule has 0 radical (unpaired) electrons. The summed E-state index contributed by atoms with van der Waals surface area (Å²) in [6, 6.07) is 6.69. The number of hydrogen-bond acceptors (Lipinski definition) is 3. The molecule has 5 nitrogen and oxygen atoms in total. The van der Waals surface area contributed by atoms with Crippen LogP contribution in [0.3, 0.4) is 0 Å². The zero-order valence-electron chi connectivity index (χ0n) is 10.7. The van der Waals surface area contributed by atoms with E-state index in [1.807, 2.05) is 24.3 Å². The quantitative estimate of drug-likeness (QED) is 0.823. The van der Waals surface area contributed by atoms with Crippen LogP contribution in [0.2, 0.25) is 0 Å². The Morgan fingerprint density at radius 3 is 2.74 bits per heavy atom. The first-order valence-corrected chi connectivity index (χ1v) is 6.66. The minimum atomic E-state index is -1.16. The number of benzene rings is 1. The Balaban J connectivity index is 2.44. The van der Waals surface area contributed by atoms with Gasteiger partial charge in [0.25, 0.3) is 0 Å². The summed E-state index contributed by atoms with van der Waals surface area (Å²) in [7, 11) is 1.65. The van der Waals surface area contributed by atoms with Gasteiger partial charge in [-0.3, -0.25) is 9.59 Å². The molecule has 1 unspecified atom stereocenters. The summed E-state index contributed by atoms with van der Waals surface area (Å²) in [5.41, 5.74) is 6.44. The number of likely N-dealkylation sites (N-methyl/N-ethyl adjacent to an activating group) is 1. The largest absolute Gasteiger partial charge is 0.480 e. The smallest absolute Gasteiger partial charge is 0.321 e. The number of amides is 1. The highest BCUT2D eigenvalue weighted by Gasteiger charge is 2.18. The molecule has 1 amide bonds. The van der Waals surface area contributed by atoms with Crippen molar-refractivity contribution in [2.75, 3.05) is 13.6 Å². The molecule has 1 aromatic rings. The zero-order valence-corrected chi connectivity index (χ0v) is 12.3. The lowest BCUT2D eigenvalue weighted by molar-refractivity contribution is -0.142. The minimum Gasteiger partial charge on any atom is -0.480 e. The van der Waals surface area contributed by atoms with Crippen molar-refractivity contribution in [2.45, 2.75) is 18.9 Å². The molecule has 0 aliphatic heterocycles. The molecule has 0 saturated carbocycles. The van der Waals surface area contributed by atoms with Crippen LogP contribution in [0.4, 0.5) is 0 Å². The fourth-order valence-electron chi connectivity index (χ4n) is 1.55. The second kappa shape index (κ2) is 7.25. The predicted molar refractivity (Wildman–Crippen MR) is 75.7 cm³/mol. The third kappa shape index (κ3) is 5.40. The Hall–Kier alpha value is -1.40. The van der Waals surface area contributed by atoms with Crippen LogP contribution >= 0.6 is 15.9 Å². The maximum atomic E-state index is 11.7. The molecule has 1 aromatic carbocycles. The van der Waals surface area contributed by atoms with Crippen LogP contribution in [0.25, 0.3) is 0 Å². The van der Waals surface area contributed by atoms with Crippen molar-refractivity contribution in [3.63, 3.8) is 0 Å². The van der Waals surface area contributed by atoms with Crippen molar-refractivity contribution < 1.29 is 14.7 Å². The van der Waals surface area contributed by atoms with E-state index >= 15 is 0 Å². The molecule has 0 aliphatic rings. The lowest BCUT2D eigenvalue weighted by atomic mass is 10.1. The summed E-state index contributed by atoms with van der Waals surface area (Å²) in [6.45, 7) is 0.529. The third-order valence-electron chi connectivity index (χ3n) is 2.76. The van der Waals surface area contributed by atoms with Gasteiger partial charge >= 0.3 is 5.97 Å². The van der Waals surface area contributed by atoms with Gasteiger partial charge in [-0.05, 0) is 24.1 Å². The maximum absolute atomic E-state index is 11.7. The molecule has 104 valence electrons. The normalized spacial score (nSPS) is 11.9. The van der Waals surface area contributed by atoms with Crippen LogP contribution < -0.4 is 5.73 Å². The SMILES string of the molecule is CN(CCc1cccc(Br)c1)C(=O)CC(N)C(=O)O. The van der Waals surface area contributed by atoms with Gasteiger partial charge in [0.1, 0.15) is 6.04 Å². The second-order valence-electron chi connectivity index (χ2n) is 4.34. The number of carboxylic acids is 1. The van der Waals surface area contributed by atoms with Gasteiger partial charge < -0.3 is 15.7 Å². The molecule has 0 aromatic heterocycles. The second-order valence-corrected chi connectivity index (χ2v) is 5.26. The van der Waals surface area contributed by atoms with E-state index in [0.717, 1.165) is 10.0 Å². The molecular formula is C13H17BrN2O3. The summed E-state index contributed by atoms with van der Waals surface area (Å²) in [5, 5.41) is 8.65. The van der Waals surface area contributed by atoms with Crippen LogP contribution in [0.15, 0.2) is 28.7 Å². The Bertz CT molecular complexity index is 465. The van der Waals surface area contributed by atoms with Gasteiger partial charge in [-0.25, -0.2) is 0 Å². The van der Waals surface area contributed by atoms with Crippen molar-refractivity contribution >= 4 is 27.8 Å². The topological polar surface area (TPSA) is 83.6 Å². The lowest BCUT2D eigenvalue weighted by Gasteiger charge is -2.18. The van der Waals surface area contributed by atoms with Gasteiger partial charge in [0.2, 0.25) is 5.91 Å². The van der Waals surface area contributed by atoms with Crippen LogP contribution in [-0.4, -0.2) is 41.5 Å². The number of nitrogens with two attached hydrogens (primary N) is 1. The Morgan fingerprint density at radius 1 is 1.47 bits per heavy atom. The Morgan fingerprint density at radius 2 is 2.16 bits per heavy atom. The monoisotopic (exact) mass is 328 g/mol. The van der Waals surface area contributed by atoms with Gasteiger partial charge in [0, 0.05) is 18.1 Å². The first kappa shape index (κ1) is 15.7. The van der Waals surface area contributed by atoms with E-state index in [1.165, 1.54) is 4.90 Å². The molecule has 0 aliphatic carbocycles. The molecule has 6 heteroatoms. The van der Waals surface area contributed by atoms with Gasteiger partial charge in [-0.2, -0.15) is 0 Å². The fraction of sp³-hybridized carbons (Fsp3) is 0.385. The first-order valence-electron chi connectivity index (χ1n) is 5.87. The number of nitrogens with zero attached hydrogens (tertiary/aromatic N) is 1. The van der Waals surface area contributed by atoms with Crippen molar-refractivity contribution in [2.24, 2.45) is 5.73 Å². The molecule has 3 N–H and O–H groups in total.